The predicted octanol–water partition coefficient (Wildman–Crippen LogP) is 3.44. The van der Waals surface area contributed by atoms with E-state index in [1.165, 1.54) is 30.3 Å². The molecule has 24 heavy (non-hydrogen) atoms. The van der Waals surface area contributed by atoms with Gasteiger partial charge >= 0.3 is 12.2 Å². The molecule has 0 radical (unpaired) electrons. The number of carbonyl (C=O) groups excluding carboxylic acids is 1. The topological polar surface area (TPSA) is 66.5 Å². The van der Waals surface area contributed by atoms with Crippen molar-refractivity contribution in [1.29, 1.82) is 0 Å². The van der Waals surface area contributed by atoms with Crippen LogP contribution in [-0.4, -0.2) is 18.8 Å². The maximum Gasteiger partial charge on any atom is 0.416 e. The maximum atomic E-state index is 12.8. The smallest absolute Gasteiger partial charge is 0.306 e. The molecule has 0 saturated carbocycles. The summed E-state index contributed by atoms with van der Waals surface area (Å²) in [6, 6.07) is 9.11. The third-order valence-electron chi connectivity index (χ3n) is 3.50. The van der Waals surface area contributed by atoms with Crippen molar-refractivity contribution in [1.82, 2.24) is 4.31 Å². The fourth-order valence-electron chi connectivity index (χ4n) is 2.37. The lowest BCUT2D eigenvalue weighted by Gasteiger charge is -2.28. The molecule has 5 nitrogen and oxygen atoms in total. The van der Waals surface area contributed by atoms with E-state index in [1.54, 1.807) is 6.07 Å². The number of hydrogen-bond acceptors (Lipinski definition) is 3. The summed E-state index contributed by atoms with van der Waals surface area (Å²) in [4.78, 5) is 12.0. The van der Waals surface area contributed by atoms with Gasteiger partial charge in [0, 0.05) is 0 Å². The first-order valence-corrected chi connectivity index (χ1v) is 8.22. The third kappa shape index (κ3) is 2.82. The summed E-state index contributed by atoms with van der Waals surface area (Å²) >= 11 is 0. The van der Waals surface area contributed by atoms with Crippen LogP contribution in [0.4, 0.5) is 23.7 Å². The number of fused-ring (bicyclic) bond motifs is 1. The summed E-state index contributed by atoms with van der Waals surface area (Å²) in [5.74, 6) is 0. The average molecular weight is 356 g/mol. The molecule has 0 saturated heterocycles. The molecule has 3 rings (SSSR count). The first-order valence-electron chi connectivity index (χ1n) is 6.78. The quantitative estimate of drug-likeness (QED) is 0.896. The first-order chi connectivity index (χ1) is 11.2. The van der Waals surface area contributed by atoms with Gasteiger partial charge < -0.3 is 5.32 Å². The monoisotopic (exact) mass is 356 g/mol. The van der Waals surface area contributed by atoms with E-state index in [9.17, 15) is 26.4 Å². The fraction of sp³-hybridized carbons (Fsp3) is 0.133. The van der Waals surface area contributed by atoms with E-state index in [1.807, 2.05) is 0 Å². The Morgan fingerprint density at radius 1 is 1.04 bits per heavy atom. The molecule has 0 bridgehead atoms. The SMILES string of the molecule is O=C1Nc2ccccc2S(=O)(=O)N1Cc1cccc(C(F)(F)F)c1. The molecular weight excluding hydrogens is 345 g/mol. The Kier molecular flexibility index (Phi) is 3.75. The van der Waals surface area contributed by atoms with Crippen molar-refractivity contribution in [3.63, 3.8) is 0 Å². The molecule has 0 unspecified atom stereocenters. The van der Waals surface area contributed by atoms with Crippen LogP contribution in [0.3, 0.4) is 0 Å². The highest BCUT2D eigenvalue weighted by molar-refractivity contribution is 7.90. The zero-order valence-corrected chi connectivity index (χ0v) is 12.9. The molecule has 2 amide bonds. The lowest BCUT2D eigenvalue weighted by molar-refractivity contribution is -0.137. The number of carbonyl (C=O) groups is 1. The minimum atomic E-state index is -4.55. The van der Waals surface area contributed by atoms with E-state index in [-0.39, 0.29) is 16.1 Å². The van der Waals surface area contributed by atoms with Crippen molar-refractivity contribution in [3.05, 3.63) is 59.7 Å². The number of urea groups is 1. The predicted molar refractivity (Wildman–Crippen MR) is 79.6 cm³/mol. The molecule has 0 atom stereocenters. The van der Waals surface area contributed by atoms with Crippen molar-refractivity contribution in [3.8, 4) is 0 Å². The highest BCUT2D eigenvalue weighted by atomic mass is 32.2. The number of para-hydroxylation sites is 1. The molecule has 2 aromatic rings. The molecule has 2 aromatic carbocycles. The summed E-state index contributed by atoms with van der Waals surface area (Å²) in [5, 5.41) is 2.42. The normalized spacial score (nSPS) is 16.5. The lowest BCUT2D eigenvalue weighted by atomic mass is 10.1. The van der Waals surface area contributed by atoms with Gasteiger partial charge in [-0.05, 0) is 29.8 Å². The Hall–Kier alpha value is -2.55. The molecule has 1 aliphatic heterocycles. The molecule has 1 heterocycles. The number of anilines is 1. The third-order valence-corrected chi connectivity index (χ3v) is 5.29. The van der Waals surface area contributed by atoms with Gasteiger partial charge in [0.2, 0.25) is 0 Å². The number of benzene rings is 2. The molecule has 0 fully saturated rings. The number of halogens is 3. The van der Waals surface area contributed by atoms with Crippen LogP contribution in [-0.2, 0) is 22.7 Å². The van der Waals surface area contributed by atoms with Crippen molar-refractivity contribution >= 4 is 21.7 Å². The second-order valence-electron chi connectivity index (χ2n) is 5.14. The highest BCUT2D eigenvalue weighted by Crippen LogP contribution is 2.32. The fourth-order valence-corrected chi connectivity index (χ4v) is 3.84. The first kappa shape index (κ1) is 16.3. The molecule has 0 spiro atoms. The summed E-state index contributed by atoms with van der Waals surface area (Å²) in [5.41, 5.74) is -0.707. The van der Waals surface area contributed by atoms with E-state index < -0.39 is 34.3 Å². The molecular formula is C15H11F3N2O3S. The van der Waals surface area contributed by atoms with E-state index in [4.69, 9.17) is 0 Å². The Morgan fingerprint density at radius 3 is 2.46 bits per heavy atom. The molecule has 0 aliphatic carbocycles. The summed E-state index contributed by atoms with van der Waals surface area (Å²) in [7, 11) is -4.14. The second-order valence-corrected chi connectivity index (χ2v) is 6.97. The largest absolute Gasteiger partial charge is 0.416 e. The lowest BCUT2D eigenvalue weighted by Crippen LogP contribution is -2.43. The van der Waals surface area contributed by atoms with Gasteiger partial charge in [0.15, 0.2) is 0 Å². The van der Waals surface area contributed by atoms with Gasteiger partial charge in [-0.3, -0.25) is 0 Å². The number of alkyl halides is 3. The van der Waals surface area contributed by atoms with Crippen LogP contribution in [0.1, 0.15) is 11.1 Å². The maximum absolute atomic E-state index is 12.8. The number of amides is 2. The molecule has 1 N–H and O–H groups in total. The zero-order chi connectivity index (χ0) is 17.5. The minimum Gasteiger partial charge on any atom is -0.306 e. The Morgan fingerprint density at radius 2 is 1.75 bits per heavy atom. The number of nitrogens with zero attached hydrogens (tertiary/aromatic N) is 1. The number of sulfonamides is 1. The highest BCUT2D eigenvalue weighted by Gasteiger charge is 2.37. The van der Waals surface area contributed by atoms with Crippen LogP contribution >= 0.6 is 0 Å². The van der Waals surface area contributed by atoms with Crippen molar-refractivity contribution in [2.75, 3.05) is 5.32 Å². The van der Waals surface area contributed by atoms with Crippen LogP contribution in [0.25, 0.3) is 0 Å². The van der Waals surface area contributed by atoms with Gasteiger partial charge in [0.25, 0.3) is 10.0 Å². The van der Waals surface area contributed by atoms with Crippen molar-refractivity contribution in [2.24, 2.45) is 0 Å². The van der Waals surface area contributed by atoms with Crippen LogP contribution in [0.5, 0.6) is 0 Å². The van der Waals surface area contributed by atoms with Crippen LogP contribution in [0.15, 0.2) is 53.4 Å². The van der Waals surface area contributed by atoms with Crippen LogP contribution in [0.2, 0.25) is 0 Å². The number of nitrogens with one attached hydrogen (secondary N) is 1. The van der Waals surface area contributed by atoms with Gasteiger partial charge in [-0.1, -0.05) is 24.3 Å². The van der Waals surface area contributed by atoms with Crippen LogP contribution in [0, 0.1) is 0 Å². The standard InChI is InChI=1S/C15H11F3N2O3S/c16-15(17,18)11-5-3-4-10(8-11)9-20-14(21)19-12-6-1-2-7-13(12)24(20,22)23/h1-8H,9H2,(H,19,21). The molecule has 9 heteroatoms. The second kappa shape index (κ2) is 5.52. The average Bonchev–Trinajstić information content (AvgIpc) is 2.51. The van der Waals surface area contributed by atoms with Crippen LogP contribution < -0.4 is 5.32 Å². The van der Waals surface area contributed by atoms with E-state index in [0.717, 1.165) is 12.1 Å². The Balaban J connectivity index is 1.98. The van der Waals surface area contributed by atoms with Gasteiger partial charge in [-0.2, -0.15) is 13.2 Å². The van der Waals surface area contributed by atoms with E-state index in [0.29, 0.717) is 4.31 Å². The number of rotatable bonds is 2. The summed E-state index contributed by atoms with van der Waals surface area (Å²) in [6.07, 6.45) is -4.55. The van der Waals surface area contributed by atoms with Gasteiger partial charge in [0.05, 0.1) is 17.8 Å². The van der Waals surface area contributed by atoms with Gasteiger partial charge in [0.1, 0.15) is 4.90 Å². The molecule has 0 aromatic heterocycles. The Bertz CT molecular complexity index is 910. The van der Waals surface area contributed by atoms with Crippen molar-refractivity contribution < 1.29 is 26.4 Å². The zero-order valence-electron chi connectivity index (χ0n) is 12.0. The summed E-state index contributed by atoms with van der Waals surface area (Å²) < 4.78 is 63.9. The Labute approximate surface area is 135 Å². The molecule has 1 aliphatic rings. The van der Waals surface area contributed by atoms with Crippen molar-refractivity contribution in [2.45, 2.75) is 17.6 Å². The summed E-state index contributed by atoms with van der Waals surface area (Å²) in [6.45, 7) is -0.494. The minimum absolute atomic E-state index is 0.0583. The van der Waals surface area contributed by atoms with E-state index in [2.05, 4.69) is 5.32 Å². The number of hydrogen-bond donors (Lipinski definition) is 1. The van der Waals surface area contributed by atoms with Gasteiger partial charge in [-0.25, -0.2) is 17.5 Å². The van der Waals surface area contributed by atoms with E-state index >= 15 is 0 Å². The van der Waals surface area contributed by atoms with Gasteiger partial charge in [-0.15, -0.1) is 0 Å². The molecule has 126 valence electrons.